The number of amides is 1. The van der Waals surface area contributed by atoms with Gasteiger partial charge in [-0.3, -0.25) is 4.79 Å². The van der Waals surface area contributed by atoms with Gasteiger partial charge in [0.25, 0.3) is 0 Å². The van der Waals surface area contributed by atoms with Crippen LogP contribution in [-0.2, 0) is 18.4 Å². The monoisotopic (exact) mass is 357 g/mol. The van der Waals surface area contributed by atoms with Crippen molar-refractivity contribution in [2.45, 2.75) is 57.2 Å². The van der Waals surface area contributed by atoms with Crippen LogP contribution < -0.4 is 10.6 Å². The highest BCUT2D eigenvalue weighted by Crippen LogP contribution is 2.56. The number of carbonyl (C=O) groups excluding carboxylic acids is 1. The lowest BCUT2D eigenvalue weighted by atomic mass is 9.49. The van der Waals surface area contributed by atoms with E-state index in [2.05, 4.69) is 25.1 Å². The Morgan fingerprint density at radius 1 is 1.31 bits per heavy atom. The molecule has 1 aromatic rings. The van der Waals surface area contributed by atoms with Gasteiger partial charge in [-0.15, -0.1) is 0 Å². The fraction of sp³-hybridized carbons (Fsp3) is 0.800. The van der Waals surface area contributed by atoms with E-state index in [-0.39, 0.29) is 5.92 Å². The number of nitrogens with one attached hydrogen (secondary N) is 2. The molecule has 2 aliphatic carbocycles. The Hall–Kier alpha value is -1.40. The van der Waals surface area contributed by atoms with Gasteiger partial charge >= 0.3 is 0 Å². The fourth-order valence-electron chi connectivity index (χ4n) is 5.88. The smallest absolute Gasteiger partial charge is 0.224 e. The second-order valence-corrected chi connectivity index (χ2v) is 9.06. The van der Waals surface area contributed by atoms with Crippen LogP contribution in [0.3, 0.4) is 0 Å². The SMILES string of the molecule is Cn1cncc1CNC1CC(NC(=O)C2CN3CCC2CC3)C12CCC2. The number of imidazole rings is 1. The Labute approximate surface area is 155 Å². The zero-order valence-electron chi connectivity index (χ0n) is 15.8. The summed E-state index contributed by atoms with van der Waals surface area (Å²) in [6, 6.07) is 0.909. The van der Waals surface area contributed by atoms with E-state index in [1.54, 1.807) is 0 Å². The zero-order chi connectivity index (χ0) is 17.7. The maximum atomic E-state index is 12.9. The predicted molar refractivity (Wildman–Crippen MR) is 99.3 cm³/mol. The molecule has 142 valence electrons. The lowest BCUT2D eigenvalue weighted by molar-refractivity contribution is -0.138. The Balaban J connectivity index is 1.18. The molecule has 0 radical (unpaired) electrons. The molecule has 6 heteroatoms. The van der Waals surface area contributed by atoms with Crippen LogP contribution in [0, 0.1) is 17.3 Å². The maximum Gasteiger partial charge on any atom is 0.224 e. The lowest BCUT2D eigenvalue weighted by Gasteiger charge is -2.62. The summed E-state index contributed by atoms with van der Waals surface area (Å²) in [6.07, 6.45) is 11.1. The molecule has 26 heavy (non-hydrogen) atoms. The summed E-state index contributed by atoms with van der Waals surface area (Å²) in [7, 11) is 2.04. The highest BCUT2D eigenvalue weighted by molar-refractivity contribution is 5.80. The van der Waals surface area contributed by atoms with E-state index < -0.39 is 0 Å². The Bertz CT molecular complexity index is 673. The largest absolute Gasteiger partial charge is 0.352 e. The Morgan fingerprint density at radius 3 is 2.69 bits per heavy atom. The molecule has 2 N–H and O–H groups in total. The van der Waals surface area contributed by atoms with Crippen molar-refractivity contribution >= 4 is 5.91 Å². The van der Waals surface area contributed by atoms with E-state index in [0.717, 1.165) is 19.5 Å². The number of nitrogens with zero attached hydrogens (tertiary/aromatic N) is 3. The van der Waals surface area contributed by atoms with Crippen LogP contribution in [0.1, 0.15) is 44.2 Å². The summed E-state index contributed by atoms with van der Waals surface area (Å²) in [6.45, 7) is 4.24. The maximum absolute atomic E-state index is 12.9. The van der Waals surface area contributed by atoms with E-state index in [0.29, 0.717) is 29.3 Å². The molecule has 6 rings (SSSR count). The quantitative estimate of drug-likeness (QED) is 0.833. The third kappa shape index (κ3) is 2.61. The molecule has 1 aromatic heterocycles. The third-order valence-electron chi connectivity index (χ3n) is 7.90. The van der Waals surface area contributed by atoms with Crippen molar-refractivity contribution in [3.05, 3.63) is 18.2 Å². The lowest BCUT2D eigenvalue weighted by Crippen LogP contribution is -2.71. The van der Waals surface area contributed by atoms with Crippen LogP contribution in [0.2, 0.25) is 0 Å². The highest BCUT2D eigenvalue weighted by Gasteiger charge is 2.58. The molecule has 2 bridgehead atoms. The van der Waals surface area contributed by atoms with Crippen LogP contribution in [0.5, 0.6) is 0 Å². The van der Waals surface area contributed by atoms with E-state index in [1.165, 1.54) is 50.9 Å². The first-order chi connectivity index (χ1) is 12.7. The van der Waals surface area contributed by atoms with Crippen molar-refractivity contribution in [3.8, 4) is 0 Å². The van der Waals surface area contributed by atoms with Gasteiger partial charge in [0.05, 0.1) is 17.9 Å². The van der Waals surface area contributed by atoms with Gasteiger partial charge in [0, 0.05) is 43.8 Å². The van der Waals surface area contributed by atoms with Gasteiger partial charge in [-0.1, -0.05) is 6.42 Å². The fourth-order valence-corrected chi connectivity index (χ4v) is 5.88. The van der Waals surface area contributed by atoms with E-state index in [9.17, 15) is 4.79 Å². The number of hydrogen-bond donors (Lipinski definition) is 2. The molecule has 3 atom stereocenters. The summed E-state index contributed by atoms with van der Waals surface area (Å²) in [5.74, 6) is 1.19. The standard InChI is InChI=1S/C20H31N5O/c1-24-13-21-10-15(24)11-22-17-9-18(20(17)5-2-6-20)23-19(26)16-12-25-7-3-14(16)4-8-25/h10,13-14,16-18,22H,2-9,11-12H2,1H3,(H,23,26). The molecule has 4 heterocycles. The Kier molecular flexibility index (Phi) is 4.09. The average Bonchev–Trinajstić information content (AvgIpc) is 3.01. The van der Waals surface area contributed by atoms with E-state index in [4.69, 9.17) is 0 Å². The second kappa shape index (κ2) is 6.34. The number of aryl methyl sites for hydroxylation is 1. The minimum absolute atomic E-state index is 0.232. The molecule has 3 unspecified atom stereocenters. The molecule has 1 amide bonds. The zero-order valence-corrected chi connectivity index (χ0v) is 15.8. The molecule has 6 nitrogen and oxygen atoms in total. The summed E-state index contributed by atoms with van der Waals surface area (Å²) in [5.41, 5.74) is 1.53. The first kappa shape index (κ1) is 16.8. The summed E-state index contributed by atoms with van der Waals surface area (Å²) in [5, 5.41) is 7.22. The summed E-state index contributed by atoms with van der Waals surface area (Å²) >= 11 is 0. The van der Waals surface area contributed by atoms with Gasteiger partial charge in [0.1, 0.15) is 0 Å². The number of rotatable bonds is 5. The van der Waals surface area contributed by atoms with Crippen molar-refractivity contribution in [2.24, 2.45) is 24.3 Å². The van der Waals surface area contributed by atoms with Gasteiger partial charge in [-0.25, -0.2) is 4.98 Å². The van der Waals surface area contributed by atoms with Crippen molar-refractivity contribution in [2.75, 3.05) is 19.6 Å². The summed E-state index contributed by atoms with van der Waals surface area (Å²) < 4.78 is 2.08. The molecular weight excluding hydrogens is 326 g/mol. The van der Waals surface area contributed by atoms with Gasteiger partial charge < -0.3 is 20.1 Å². The van der Waals surface area contributed by atoms with E-state index in [1.807, 2.05) is 19.6 Å². The van der Waals surface area contributed by atoms with E-state index >= 15 is 0 Å². The molecule has 5 fully saturated rings. The van der Waals surface area contributed by atoms with Crippen molar-refractivity contribution < 1.29 is 4.79 Å². The van der Waals surface area contributed by atoms with Crippen LogP contribution in [0.15, 0.2) is 12.5 Å². The molecule has 5 aliphatic rings. The predicted octanol–water partition coefficient (Wildman–Crippen LogP) is 1.28. The molecule has 1 spiro atoms. The summed E-state index contributed by atoms with van der Waals surface area (Å²) in [4.78, 5) is 19.6. The highest BCUT2D eigenvalue weighted by atomic mass is 16.2. The van der Waals surface area contributed by atoms with Crippen LogP contribution in [0.25, 0.3) is 0 Å². The van der Waals surface area contributed by atoms with Crippen LogP contribution in [0.4, 0.5) is 0 Å². The van der Waals surface area contributed by atoms with Crippen LogP contribution in [-0.4, -0.2) is 52.1 Å². The van der Waals surface area contributed by atoms with Gasteiger partial charge in [0.15, 0.2) is 0 Å². The van der Waals surface area contributed by atoms with Crippen LogP contribution >= 0.6 is 0 Å². The minimum atomic E-state index is 0.232. The molecule has 3 aliphatic heterocycles. The van der Waals surface area contributed by atoms with Gasteiger partial charge in [-0.05, 0) is 51.1 Å². The number of piperidine rings is 3. The number of hydrogen-bond acceptors (Lipinski definition) is 4. The first-order valence-corrected chi connectivity index (χ1v) is 10.4. The molecular formula is C20H31N5O. The van der Waals surface area contributed by atoms with Crippen molar-refractivity contribution in [1.29, 1.82) is 0 Å². The number of aromatic nitrogens is 2. The average molecular weight is 358 g/mol. The Morgan fingerprint density at radius 2 is 2.12 bits per heavy atom. The van der Waals surface area contributed by atoms with Gasteiger partial charge in [0.2, 0.25) is 5.91 Å². The first-order valence-electron chi connectivity index (χ1n) is 10.4. The van der Waals surface area contributed by atoms with Crippen molar-refractivity contribution in [1.82, 2.24) is 25.1 Å². The van der Waals surface area contributed by atoms with Gasteiger partial charge in [-0.2, -0.15) is 0 Å². The number of fused-ring (bicyclic) bond motifs is 3. The normalized spacial score (nSPS) is 37.2. The van der Waals surface area contributed by atoms with Crippen molar-refractivity contribution in [3.63, 3.8) is 0 Å². The molecule has 0 aromatic carbocycles. The molecule has 3 saturated heterocycles. The third-order valence-corrected chi connectivity index (χ3v) is 7.90. The second-order valence-electron chi connectivity index (χ2n) is 9.06. The number of carbonyl (C=O) groups is 1. The topological polar surface area (TPSA) is 62.2 Å². The minimum Gasteiger partial charge on any atom is -0.352 e. The molecule has 2 saturated carbocycles.